The van der Waals surface area contributed by atoms with E-state index in [0.717, 1.165) is 28.6 Å². The summed E-state index contributed by atoms with van der Waals surface area (Å²) in [5, 5.41) is 0. The summed E-state index contributed by atoms with van der Waals surface area (Å²) in [5.41, 5.74) is 1.78. The predicted octanol–water partition coefficient (Wildman–Crippen LogP) is 3.69. The van der Waals surface area contributed by atoms with E-state index in [1.807, 2.05) is 42.6 Å². The Kier molecular flexibility index (Phi) is 3.79. The van der Waals surface area contributed by atoms with E-state index in [2.05, 4.69) is 22.9 Å². The third-order valence-corrected chi connectivity index (χ3v) is 3.11. The van der Waals surface area contributed by atoms with Crippen molar-refractivity contribution in [3.63, 3.8) is 0 Å². The Labute approximate surface area is 109 Å². The lowest BCUT2D eigenvalue weighted by Crippen LogP contribution is -2.20. The van der Waals surface area contributed by atoms with Gasteiger partial charge in [0.1, 0.15) is 0 Å². The highest BCUT2D eigenvalue weighted by Crippen LogP contribution is 2.19. The Balaban J connectivity index is 2.53. The molecule has 0 bridgehead atoms. The molecule has 2 aromatic rings. The monoisotopic (exact) mass is 291 g/mol. The molecule has 2 rings (SSSR count). The number of rotatable bonds is 3. The summed E-state index contributed by atoms with van der Waals surface area (Å²) in [5.74, 6) is 0. The maximum Gasteiger partial charge on any atom is 0.258 e. The predicted molar refractivity (Wildman–Crippen MR) is 74.1 cm³/mol. The molecule has 0 aliphatic heterocycles. The first-order valence-corrected chi connectivity index (χ1v) is 6.47. The lowest BCUT2D eigenvalue weighted by atomic mass is 10.1. The van der Waals surface area contributed by atoms with Crippen LogP contribution in [-0.4, -0.2) is 4.57 Å². The van der Waals surface area contributed by atoms with E-state index in [1.165, 1.54) is 0 Å². The first-order chi connectivity index (χ1) is 8.22. The van der Waals surface area contributed by atoms with Crippen molar-refractivity contribution in [2.75, 3.05) is 0 Å². The van der Waals surface area contributed by atoms with Gasteiger partial charge in [0.25, 0.3) is 5.56 Å². The molecule has 0 fully saturated rings. The minimum atomic E-state index is 0.0763. The van der Waals surface area contributed by atoms with Crippen molar-refractivity contribution in [1.29, 1.82) is 0 Å². The van der Waals surface area contributed by atoms with Crippen molar-refractivity contribution >= 4 is 15.9 Å². The lowest BCUT2D eigenvalue weighted by molar-refractivity contribution is 0.655. The fraction of sp³-hybridized carbons (Fsp3) is 0.214. The van der Waals surface area contributed by atoms with Crippen LogP contribution in [0, 0.1) is 0 Å². The smallest absolute Gasteiger partial charge is 0.258 e. The largest absolute Gasteiger partial charge is 0.315 e. The average molecular weight is 292 g/mol. The van der Waals surface area contributed by atoms with Gasteiger partial charge in [-0.3, -0.25) is 4.79 Å². The van der Waals surface area contributed by atoms with E-state index < -0.39 is 0 Å². The van der Waals surface area contributed by atoms with Gasteiger partial charge in [0.15, 0.2) is 0 Å². The van der Waals surface area contributed by atoms with Crippen molar-refractivity contribution in [1.82, 2.24) is 4.57 Å². The summed E-state index contributed by atoms with van der Waals surface area (Å²) in [6, 6.07) is 11.6. The molecule has 0 saturated heterocycles. The second-order valence-electron chi connectivity index (χ2n) is 3.93. The topological polar surface area (TPSA) is 22.0 Å². The highest BCUT2D eigenvalue weighted by molar-refractivity contribution is 9.10. The Morgan fingerprint density at radius 1 is 1.24 bits per heavy atom. The Morgan fingerprint density at radius 3 is 2.76 bits per heavy atom. The molecule has 1 aromatic heterocycles. The number of nitrogens with zero attached hydrogens (tertiary/aromatic N) is 1. The molecular formula is C14H14BrNO. The number of aromatic nitrogens is 1. The van der Waals surface area contributed by atoms with Crippen LogP contribution in [0.25, 0.3) is 11.1 Å². The van der Waals surface area contributed by atoms with Crippen LogP contribution in [0.3, 0.4) is 0 Å². The number of aryl methyl sites for hydroxylation is 1. The fourth-order valence-corrected chi connectivity index (χ4v) is 2.23. The van der Waals surface area contributed by atoms with Crippen molar-refractivity contribution in [3.05, 3.63) is 57.4 Å². The van der Waals surface area contributed by atoms with Crippen LogP contribution < -0.4 is 5.56 Å². The molecule has 2 nitrogen and oxygen atoms in total. The van der Waals surface area contributed by atoms with Gasteiger partial charge in [0, 0.05) is 22.8 Å². The third-order valence-electron chi connectivity index (χ3n) is 2.62. The number of halogens is 1. The van der Waals surface area contributed by atoms with Gasteiger partial charge < -0.3 is 4.57 Å². The van der Waals surface area contributed by atoms with Crippen LogP contribution in [-0.2, 0) is 6.54 Å². The molecular weight excluding hydrogens is 278 g/mol. The number of pyridine rings is 1. The maximum atomic E-state index is 12.2. The van der Waals surface area contributed by atoms with Crippen LogP contribution in [0.15, 0.2) is 51.9 Å². The molecule has 1 heterocycles. The second-order valence-corrected chi connectivity index (χ2v) is 4.85. The van der Waals surface area contributed by atoms with Gasteiger partial charge in [0.05, 0.1) is 0 Å². The fourth-order valence-electron chi connectivity index (χ4n) is 1.83. The van der Waals surface area contributed by atoms with E-state index in [0.29, 0.717) is 0 Å². The zero-order chi connectivity index (χ0) is 12.3. The average Bonchev–Trinajstić information content (AvgIpc) is 2.32. The van der Waals surface area contributed by atoms with Crippen LogP contribution in [0.1, 0.15) is 13.3 Å². The van der Waals surface area contributed by atoms with E-state index in [4.69, 9.17) is 0 Å². The SMILES string of the molecule is CCCn1cccc(-c2cccc(Br)c2)c1=O. The van der Waals surface area contributed by atoms with Gasteiger partial charge in [-0.2, -0.15) is 0 Å². The lowest BCUT2D eigenvalue weighted by Gasteiger charge is -2.07. The highest BCUT2D eigenvalue weighted by Gasteiger charge is 2.05. The van der Waals surface area contributed by atoms with E-state index >= 15 is 0 Å². The standard InChI is InChI=1S/C14H14BrNO/c1-2-8-16-9-4-7-13(14(16)17)11-5-3-6-12(15)10-11/h3-7,9-10H,2,8H2,1H3. The van der Waals surface area contributed by atoms with E-state index in [-0.39, 0.29) is 5.56 Å². The van der Waals surface area contributed by atoms with Gasteiger partial charge in [-0.05, 0) is 36.2 Å². The molecule has 0 aliphatic carbocycles. The maximum absolute atomic E-state index is 12.2. The first kappa shape index (κ1) is 12.1. The zero-order valence-corrected chi connectivity index (χ0v) is 11.3. The van der Waals surface area contributed by atoms with Gasteiger partial charge in [-0.25, -0.2) is 0 Å². The van der Waals surface area contributed by atoms with Crippen molar-refractivity contribution < 1.29 is 0 Å². The number of hydrogen-bond donors (Lipinski definition) is 0. The molecule has 0 N–H and O–H groups in total. The minimum Gasteiger partial charge on any atom is -0.315 e. The van der Waals surface area contributed by atoms with Gasteiger partial charge in [-0.15, -0.1) is 0 Å². The van der Waals surface area contributed by atoms with Gasteiger partial charge >= 0.3 is 0 Å². The summed E-state index contributed by atoms with van der Waals surface area (Å²) in [4.78, 5) is 12.2. The molecule has 1 aromatic carbocycles. The number of benzene rings is 1. The molecule has 0 saturated carbocycles. The van der Waals surface area contributed by atoms with Crippen LogP contribution in [0.4, 0.5) is 0 Å². The quantitative estimate of drug-likeness (QED) is 0.845. The van der Waals surface area contributed by atoms with Crippen molar-refractivity contribution in [2.45, 2.75) is 19.9 Å². The third kappa shape index (κ3) is 2.67. The number of hydrogen-bond acceptors (Lipinski definition) is 1. The minimum absolute atomic E-state index is 0.0763. The van der Waals surface area contributed by atoms with Gasteiger partial charge in [0.2, 0.25) is 0 Å². The van der Waals surface area contributed by atoms with Gasteiger partial charge in [-0.1, -0.05) is 35.0 Å². The zero-order valence-electron chi connectivity index (χ0n) is 9.69. The molecule has 88 valence electrons. The summed E-state index contributed by atoms with van der Waals surface area (Å²) in [6.07, 6.45) is 2.80. The molecule has 0 radical (unpaired) electrons. The van der Waals surface area contributed by atoms with Crippen LogP contribution in [0.2, 0.25) is 0 Å². The Morgan fingerprint density at radius 2 is 2.06 bits per heavy atom. The summed E-state index contributed by atoms with van der Waals surface area (Å²) in [6.45, 7) is 2.83. The Hall–Kier alpha value is -1.35. The molecule has 0 amide bonds. The Bertz CT molecular complexity index is 574. The van der Waals surface area contributed by atoms with E-state index in [1.54, 1.807) is 4.57 Å². The first-order valence-electron chi connectivity index (χ1n) is 5.67. The summed E-state index contributed by atoms with van der Waals surface area (Å²) < 4.78 is 2.75. The molecule has 0 unspecified atom stereocenters. The molecule has 0 aliphatic rings. The van der Waals surface area contributed by atoms with Crippen LogP contribution >= 0.6 is 15.9 Å². The second kappa shape index (κ2) is 5.32. The van der Waals surface area contributed by atoms with E-state index in [9.17, 15) is 4.79 Å². The summed E-state index contributed by atoms with van der Waals surface area (Å²) in [7, 11) is 0. The molecule has 17 heavy (non-hydrogen) atoms. The highest BCUT2D eigenvalue weighted by atomic mass is 79.9. The molecule has 0 spiro atoms. The van der Waals surface area contributed by atoms with Crippen LogP contribution in [0.5, 0.6) is 0 Å². The molecule has 0 atom stereocenters. The van der Waals surface area contributed by atoms with Crippen molar-refractivity contribution in [3.8, 4) is 11.1 Å². The summed E-state index contributed by atoms with van der Waals surface area (Å²) >= 11 is 3.42. The van der Waals surface area contributed by atoms with Crippen molar-refractivity contribution in [2.24, 2.45) is 0 Å². The normalized spacial score (nSPS) is 10.5. The molecule has 3 heteroatoms.